The minimum atomic E-state index is -0.260. The first-order valence-electron chi connectivity index (χ1n) is 10.9. The molecule has 0 spiro atoms. The zero-order chi connectivity index (χ0) is 22.2. The maximum absolute atomic E-state index is 12.9. The minimum Gasteiger partial charge on any atom is -0.394 e. The second-order valence-corrected chi connectivity index (χ2v) is 8.48. The number of benzene rings is 2. The van der Waals surface area contributed by atoms with Crippen molar-refractivity contribution < 1.29 is 14.7 Å². The first-order chi connectivity index (χ1) is 15.6. The Labute approximate surface area is 187 Å². The normalized spacial score (nSPS) is 22.3. The van der Waals surface area contributed by atoms with Crippen LogP contribution >= 0.6 is 0 Å². The number of nitrogens with zero attached hydrogens (tertiary/aromatic N) is 3. The van der Waals surface area contributed by atoms with Gasteiger partial charge in [0.25, 0.3) is 5.91 Å². The fourth-order valence-corrected chi connectivity index (χ4v) is 5.09. The van der Waals surface area contributed by atoms with Gasteiger partial charge in [0.15, 0.2) is 0 Å². The molecule has 3 heterocycles. The molecule has 0 aliphatic carbocycles. The molecule has 5 rings (SSSR count). The molecule has 3 atom stereocenters. The number of pyridine rings is 1. The number of hydrogen-bond acceptors (Lipinski definition) is 4. The van der Waals surface area contributed by atoms with E-state index in [1.807, 2.05) is 12.1 Å². The highest BCUT2D eigenvalue weighted by molar-refractivity contribution is 5.96. The van der Waals surface area contributed by atoms with E-state index in [-0.39, 0.29) is 43.0 Å². The Hall–Kier alpha value is -3.51. The summed E-state index contributed by atoms with van der Waals surface area (Å²) in [5.74, 6) is -0.383. The first kappa shape index (κ1) is 20.4. The van der Waals surface area contributed by atoms with E-state index in [9.17, 15) is 14.7 Å². The number of aromatic nitrogens is 1. The molecule has 32 heavy (non-hydrogen) atoms. The Balaban J connectivity index is 1.40. The predicted molar refractivity (Wildman–Crippen MR) is 121 cm³/mol. The van der Waals surface area contributed by atoms with Crippen LogP contribution in [0.15, 0.2) is 72.9 Å². The number of hydrogen-bond donors (Lipinski definition) is 1. The van der Waals surface area contributed by atoms with Gasteiger partial charge in [-0.05, 0) is 41.3 Å². The van der Waals surface area contributed by atoms with Gasteiger partial charge in [0.05, 0.1) is 18.7 Å². The van der Waals surface area contributed by atoms with Gasteiger partial charge < -0.3 is 14.9 Å². The van der Waals surface area contributed by atoms with Crippen LogP contribution < -0.4 is 0 Å². The van der Waals surface area contributed by atoms with Gasteiger partial charge in [0.1, 0.15) is 12.2 Å². The average molecular weight is 428 g/mol. The summed E-state index contributed by atoms with van der Waals surface area (Å²) in [4.78, 5) is 33.2. The molecule has 2 aliphatic rings. The first-order valence-corrected chi connectivity index (χ1v) is 10.9. The molecule has 0 unspecified atom stereocenters. The summed E-state index contributed by atoms with van der Waals surface area (Å²) in [7, 11) is 0. The molecule has 162 valence electrons. The number of amides is 2. The zero-order valence-corrected chi connectivity index (χ0v) is 17.9. The van der Waals surface area contributed by atoms with Crippen molar-refractivity contribution in [1.82, 2.24) is 14.8 Å². The van der Waals surface area contributed by atoms with Gasteiger partial charge in [0.2, 0.25) is 5.91 Å². The van der Waals surface area contributed by atoms with Crippen LogP contribution in [0.25, 0.3) is 11.1 Å². The van der Waals surface area contributed by atoms with Crippen molar-refractivity contribution in [2.24, 2.45) is 0 Å². The second-order valence-electron chi connectivity index (χ2n) is 8.48. The van der Waals surface area contributed by atoms with Crippen LogP contribution in [0.1, 0.15) is 27.5 Å². The molecule has 3 aromatic rings. The van der Waals surface area contributed by atoms with Crippen molar-refractivity contribution in [3.8, 4) is 11.1 Å². The summed E-state index contributed by atoms with van der Waals surface area (Å²) >= 11 is 0. The van der Waals surface area contributed by atoms with E-state index in [4.69, 9.17) is 0 Å². The van der Waals surface area contributed by atoms with E-state index >= 15 is 0 Å². The summed E-state index contributed by atoms with van der Waals surface area (Å²) in [5.41, 5.74) is 4.95. The molecule has 2 amide bonds. The Morgan fingerprint density at radius 1 is 1.06 bits per heavy atom. The largest absolute Gasteiger partial charge is 0.394 e. The van der Waals surface area contributed by atoms with Crippen LogP contribution in [0.3, 0.4) is 0 Å². The molecule has 2 fully saturated rings. The number of piperazine rings is 1. The second kappa shape index (κ2) is 8.20. The quantitative estimate of drug-likeness (QED) is 0.695. The fraction of sp³-hybridized carbons (Fsp3) is 0.269. The predicted octanol–water partition coefficient (Wildman–Crippen LogP) is 2.87. The number of aliphatic hydroxyl groups is 1. The SMILES string of the molecule is Cc1ccccc1-c1ccc([C@H]2[C@@H](CO)N3C(=O)CN(C(=O)c4ccccn4)C[C@@H]23)cc1. The Bertz CT molecular complexity index is 1150. The van der Waals surface area contributed by atoms with E-state index in [2.05, 4.69) is 48.3 Å². The van der Waals surface area contributed by atoms with Gasteiger partial charge in [0, 0.05) is 18.7 Å². The van der Waals surface area contributed by atoms with Gasteiger partial charge >= 0.3 is 0 Å². The highest BCUT2D eigenvalue weighted by atomic mass is 16.3. The highest BCUT2D eigenvalue weighted by Crippen LogP contribution is 2.43. The van der Waals surface area contributed by atoms with Crippen molar-refractivity contribution >= 4 is 11.8 Å². The third-order valence-corrected chi connectivity index (χ3v) is 6.68. The van der Waals surface area contributed by atoms with E-state index < -0.39 is 0 Å². The van der Waals surface area contributed by atoms with E-state index in [0.29, 0.717) is 12.2 Å². The summed E-state index contributed by atoms with van der Waals surface area (Å²) in [6, 6.07) is 21.4. The number of rotatable bonds is 4. The molecule has 1 aromatic heterocycles. The maximum Gasteiger partial charge on any atom is 0.272 e. The van der Waals surface area contributed by atoms with Gasteiger partial charge in [-0.3, -0.25) is 14.6 Å². The van der Waals surface area contributed by atoms with E-state index in [1.54, 1.807) is 34.2 Å². The Morgan fingerprint density at radius 2 is 1.81 bits per heavy atom. The van der Waals surface area contributed by atoms with Crippen LogP contribution in [0.4, 0.5) is 0 Å². The molecule has 2 aromatic carbocycles. The topological polar surface area (TPSA) is 73.7 Å². The van der Waals surface area contributed by atoms with Crippen molar-refractivity contribution in [3.05, 3.63) is 89.7 Å². The van der Waals surface area contributed by atoms with E-state index in [1.165, 1.54) is 11.1 Å². The van der Waals surface area contributed by atoms with Gasteiger partial charge in [-0.15, -0.1) is 0 Å². The van der Waals surface area contributed by atoms with Crippen molar-refractivity contribution in [1.29, 1.82) is 0 Å². The zero-order valence-electron chi connectivity index (χ0n) is 17.9. The molecule has 0 bridgehead atoms. The molecular formula is C26H25N3O3. The lowest BCUT2D eigenvalue weighted by Crippen LogP contribution is -2.73. The molecule has 6 nitrogen and oxygen atoms in total. The summed E-state index contributed by atoms with van der Waals surface area (Å²) < 4.78 is 0. The highest BCUT2D eigenvalue weighted by Gasteiger charge is 2.54. The van der Waals surface area contributed by atoms with Gasteiger partial charge in [-0.25, -0.2) is 0 Å². The molecule has 2 aliphatic heterocycles. The smallest absolute Gasteiger partial charge is 0.272 e. The summed E-state index contributed by atoms with van der Waals surface area (Å²) in [5, 5.41) is 10.0. The standard InChI is InChI=1S/C26H25N3O3/c1-17-6-2-3-7-20(17)18-9-11-19(12-10-18)25-22-14-28(15-24(31)29(22)23(25)16-30)26(32)21-8-4-5-13-27-21/h2-13,22-23,25,30H,14-16H2,1H3/t22-,23+,25+/m0/s1. The lowest BCUT2D eigenvalue weighted by molar-refractivity contribution is -0.159. The van der Waals surface area contributed by atoms with Gasteiger partial charge in [-0.2, -0.15) is 0 Å². The number of aliphatic hydroxyl groups excluding tert-OH is 1. The number of carbonyl (C=O) groups excluding carboxylic acids is 2. The minimum absolute atomic E-state index is 0.0152. The van der Waals surface area contributed by atoms with Gasteiger partial charge in [-0.1, -0.05) is 54.6 Å². The lowest BCUT2D eigenvalue weighted by atomic mass is 9.73. The van der Waals surface area contributed by atoms with Crippen LogP contribution in [-0.4, -0.2) is 63.5 Å². The molecule has 2 saturated heterocycles. The Kier molecular flexibility index (Phi) is 5.23. The van der Waals surface area contributed by atoms with Crippen LogP contribution in [-0.2, 0) is 4.79 Å². The Morgan fingerprint density at radius 3 is 2.50 bits per heavy atom. The summed E-state index contributed by atoms with van der Waals surface area (Å²) in [6.45, 7) is 2.44. The molecular weight excluding hydrogens is 402 g/mol. The van der Waals surface area contributed by atoms with Crippen molar-refractivity contribution in [2.75, 3.05) is 19.7 Å². The third kappa shape index (κ3) is 3.37. The summed E-state index contributed by atoms with van der Waals surface area (Å²) in [6.07, 6.45) is 1.58. The third-order valence-electron chi connectivity index (χ3n) is 6.68. The molecule has 0 radical (unpaired) electrons. The lowest BCUT2D eigenvalue weighted by Gasteiger charge is -2.58. The maximum atomic E-state index is 12.9. The van der Waals surface area contributed by atoms with Crippen molar-refractivity contribution in [2.45, 2.75) is 24.9 Å². The van der Waals surface area contributed by atoms with Crippen LogP contribution in [0, 0.1) is 6.92 Å². The molecule has 6 heteroatoms. The van der Waals surface area contributed by atoms with E-state index in [0.717, 1.165) is 11.1 Å². The van der Waals surface area contributed by atoms with Crippen LogP contribution in [0.5, 0.6) is 0 Å². The monoisotopic (exact) mass is 427 g/mol. The number of carbonyl (C=O) groups is 2. The number of fused-ring (bicyclic) bond motifs is 1. The average Bonchev–Trinajstić information content (AvgIpc) is 2.81. The molecule has 1 N–H and O–H groups in total. The van der Waals surface area contributed by atoms with Crippen LogP contribution in [0.2, 0.25) is 0 Å². The molecule has 0 saturated carbocycles. The number of aryl methyl sites for hydroxylation is 1. The van der Waals surface area contributed by atoms with Crippen molar-refractivity contribution in [3.63, 3.8) is 0 Å². The fourth-order valence-electron chi connectivity index (χ4n) is 5.09.